The van der Waals surface area contributed by atoms with Crippen LogP contribution in [-0.4, -0.2) is 71.7 Å². The average molecular weight is 552 g/mol. The number of ether oxygens (including phenoxy) is 5. The molecule has 0 saturated heterocycles. The number of hydrogen-bond donors (Lipinski definition) is 0. The summed E-state index contributed by atoms with van der Waals surface area (Å²) >= 11 is 0. The fourth-order valence-corrected chi connectivity index (χ4v) is 3.75. The van der Waals surface area contributed by atoms with Gasteiger partial charge in [0.25, 0.3) is 0 Å². The zero-order valence-electron chi connectivity index (χ0n) is 24.8. The number of rotatable bonds is 11. The van der Waals surface area contributed by atoms with Gasteiger partial charge >= 0.3 is 23.9 Å². The standard InChI is InChI=1S/C28H41NO10/c1-15-12-24(16(2)17(3)25(15)39-27(34)19(5)37-22(8)32)35-14-23(13-29(20(6)30)28(9,10)11)38-26(33)18(4)36-21(7)31/h12,18-19,23H,13-14H2,1-11H3. The summed E-state index contributed by atoms with van der Waals surface area (Å²) in [4.78, 5) is 61.3. The van der Waals surface area contributed by atoms with Gasteiger partial charge in [-0.1, -0.05) is 0 Å². The van der Waals surface area contributed by atoms with Crippen LogP contribution >= 0.6 is 0 Å². The van der Waals surface area contributed by atoms with Crippen LogP contribution in [0.1, 0.15) is 72.1 Å². The fraction of sp³-hybridized carbons (Fsp3) is 0.607. The van der Waals surface area contributed by atoms with Crippen LogP contribution in [0.5, 0.6) is 11.5 Å². The Morgan fingerprint density at radius 2 is 1.33 bits per heavy atom. The van der Waals surface area contributed by atoms with Gasteiger partial charge in [-0.15, -0.1) is 0 Å². The number of amides is 1. The lowest BCUT2D eigenvalue weighted by molar-refractivity contribution is -0.172. The van der Waals surface area contributed by atoms with Crippen LogP contribution in [0.4, 0.5) is 0 Å². The van der Waals surface area contributed by atoms with Gasteiger partial charge in [0.2, 0.25) is 5.91 Å². The molecule has 3 atom stereocenters. The molecule has 0 fully saturated rings. The molecular formula is C28H41NO10. The summed E-state index contributed by atoms with van der Waals surface area (Å²) in [7, 11) is 0. The Kier molecular flexibility index (Phi) is 12.0. The molecule has 1 aromatic carbocycles. The molecule has 0 aliphatic rings. The van der Waals surface area contributed by atoms with E-state index in [1.807, 2.05) is 20.8 Å². The molecule has 1 amide bonds. The van der Waals surface area contributed by atoms with Gasteiger partial charge in [0, 0.05) is 26.3 Å². The Morgan fingerprint density at radius 3 is 1.79 bits per heavy atom. The number of carbonyl (C=O) groups excluding carboxylic acids is 5. The number of carbonyl (C=O) groups is 5. The van der Waals surface area contributed by atoms with E-state index in [2.05, 4.69) is 0 Å². The second-order valence-corrected chi connectivity index (χ2v) is 10.4. The summed E-state index contributed by atoms with van der Waals surface area (Å²) in [6.07, 6.45) is -3.10. The Morgan fingerprint density at radius 1 is 0.821 bits per heavy atom. The van der Waals surface area contributed by atoms with E-state index in [0.717, 1.165) is 0 Å². The predicted octanol–water partition coefficient (Wildman–Crippen LogP) is 3.36. The van der Waals surface area contributed by atoms with E-state index in [-0.39, 0.29) is 19.1 Å². The highest BCUT2D eigenvalue weighted by Gasteiger charge is 2.31. The lowest BCUT2D eigenvalue weighted by Crippen LogP contribution is -2.50. The van der Waals surface area contributed by atoms with Crippen LogP contribution in [0, 0.1) is 20.8 Å². The third-order valence-corrected chi connectivity index (χ3v) is 5.81. The molecule has 11 nitrogen and oxygen atoms in total. The first-order chi connectivity index (χ1) is 17.8. The van der Waals surface area contributed by atoms with Crippen molar-refractivity contribution in [2.24, 2.45) is 0 Å². The number of aryl methyl sites for hydroxylation is 1. The molecule has 0 bridgehead atoms. The molecule has 218 valence electrons. The van der Waals surface area contributed by atoms with Gasteiger partial charge in [-0.3, -0.25) is 14.4 Å². The normalized spacial score (nSPS) is 13.4. The lowest BCUT2D eigenvalue weighted by Gasteiger charge is -2.37. The molecule has 0 N–H and O–H groups in total. The number of benzene rings is 1. The Balaban J connectivity index is 3.20. The van der Waals surface area contributed by atoms with E-state index < -0.39 is 47.7 Å². The van der Waals surface area contributed by atoms with Crippen LogP contribution in [-0.2, 0) is 38.2 Å². The van der Waals surface area contributed by atoms with E-state index in [4.69, 9.17) is 23.7 Å². The third kappa shape index (κ3) is 10.2. The second-order valence-electron chi connectivity index (χ2n) is 10.4. The van der Waals surface area contributed by atoms with Crippen molar-refractivity contribution >= 4 is 29.8 Å². The Hall–Kier alpha value is -3.63. The highest BCUT2D eigenvalue weighted by molar-refractivity contribution is 5.81. The first kappa shape index (κ1) is 33.4. The second kappa shape index (κ2) is 14.0. The fourth-order valence-electron chi connectivity index (χ4n) is 3.75. The van der Waals surface area contributed by atoms with Crippen LogP contribution in [0.3, 0.4) is 0 Å². The molecule has 3 unspecified atom stereocenters. The highest BCUT2D eigenvalue weighted by Crippen LogP contribution is 2.33. The van der Waals surface area contributed by atoms with Crippen molar-refractivity contribution < 1.29 is 47.7 Å². The summed E-state index contributed by atoms with van der Waals surface area (Å²) in [6.45, 7) is 17.4. The Labute approximate surface area is 230 Å². The van der Waals surface area contributed by atoms with Crippen molar-refractivity contribution in [3.05, 3.63) is 22.8 Å². The number of hydrogen-bond acceptors (Lipinski definition) is 10. The molecule has 1 rings (SSSR count). The first-order valence-corrected chi connectivity index (χ1v) is 12.6. The van der Waals surface area contributed by atoms with E-state index >= 15 is 0 Å². The number of esters is 4. The maximum absolute atomic E-state index is 12.6. The SMILES string of the molecule is CC(=O)OC(C)C(=O)Oc1c(C)cc(OCC(CN(C(C)=O)C(C)(C)C)OC(=O)C(C)OC(C)=O)c(C)c1C. The third-order valence-electron chi connectivity index (χ3n) is 5.81. The minimum Gasteiger partial charge on any atom is -0.489 e. The maximum atomic E-state index is 12.6. The average Bonchev–Trinajstić information content (AvgIpc) is 2.78. The molecule has 11 heteroatoms. The van der Waals surface area contributed by atoms with Crippen molar-refractivity contribution in [2.45, 2.75) is 100 Å². The number of nitrogens with zero attached hydrogens (tertiary/aromatic N) is 1. The van der Waals surface area contributed by atoms with Gasteiger partial charge in [-0.05, 0) is 78.1 Å². The largest absolute Gasteiger partial charge is 0.489 e. The van der Waals surface area contributed by atoms with Gasteiger partial charge in [0.1, 0.15) is 18.1 Å². The van der Waals surface area contributed by atoms with E-state index in [1.54, 1.807) is 31.7 Å². The molecular weight excluding hydrogens is 510 g/mol. The Bertz CT molecular complexity index is 1090. The lowest BCUT2D eigenvalue weighted by atomic mass is 10.0. The summed E-state index contributed by atoms with van der Waals surface area (Å²) in [5, 5.41) is 0. The molecule has 39 heavy (non-hydrogen) atoms. The minimum absolute atomic E-state index is 0.0398. The van der Waals surface area contributed by atoms with Crippen molar-refractivity contribution in [3.63, 3.8) is 0 Å². The summed E-state index contributed by atoms with van der Waals surface area (Å²) in [6, 6.07) is 1.67. The van der Waals surface area contributed by atoms with E-state index in [0.29, 0.717) is 28.2 Å². The molecule has 0 radical (unpaired) electrons. The molecule has 0 aliphatic carbocycles. The minimum atomic E-state index is -1.14. The van der Waals surface area contributed by atoms with Crippen molar-refractivity contribution in [1.29, 1.82) is 0 Å². The van der Waals surface area contributed by atoms with Crippen LogP contribution in [0.25, 0.3) is 0 Å². The summed E-state index contributed by atoms with van der Waals surface area (Å²) in [5.41, 5.74) is 1.33. The van der Waals surface area contributed by atoms with Crippen molar-refractivity contribution in [1.82, 2.24) is 4.90 Å². The maximum Gasteiger partial charge on any atom is 0.352 e. The molecule has 0 spiro atoms. The first-order valence-electron chi connectivity index (χ1n) is 12.6. The quantitative estimate of drug-likeness (QED) is 0.229. The van der Waals surface area contributed by atoms with Gasteiger partial charge in [0.15, 0.2) is 18.3 Å². The molecule has 0 saturated carbocycles. The predicted molar refractivity (Wildman–Crippen MR) is 141 cm³/mol. The van der Waals surface area contributed by atoms with Gasteiger partial charge in [-0.2, -0.15) is 0 Å². The van der Waals surface area contributed by atoms with E-state index in [9.17, 15) is 24.0 Å². The smallest absolute Gasteiger partial charge is 0.352 e. The summed E-state index contributed by atoms with van der Waals surface area (Å²) < 4.78 is 27.0. The molecule has 0 heterocycles. The van der Waals surface area contributed by atoms with Crippen LogP contribution in [0.2, 0.25) is 0 Å². The van der Waals surface area contributed by atoms with Crippen LogP contribution in [0.15, 0.2) is 6.07 Å². The molecule has 1 aromatic rings. The van der Waals surface area contributed by atoms with E-state index in [1.165, 1.54) is 34.6 Å². The molecule has 0 aromatic heterocycles. The van der Waals surface area contributed by atoms with Crippen molar-refractivity contribution in [3.8, 4) is 11.5 Å². The van der Waals surface area contributed by atoms with Crippen molar-refractivity contribution in [2.75, 3.05) is 13.2 Å². The monoisotopic (exact) mass is 551 g/mol. The zero-order valence-corrected chi connectivity index (χ0v) is 24.8. The zero-order chi connectivity index (χ0) is 30.2. The molecule has 0 aliphatic heterocycles. The van der Waals surface area contributed by atoms with Gasteiger partial charge in [-0.25, -0.2) is 9.59 Å². The van der Waals surface area contributed by atoms with Gasteiger partial charge in [0.05, 0.1) is 6.54 Å². The van der Waals surface area contributed by atoms with Gasteiger partial charge < -0.3 is 28.6 Å². The van der Waals surface area contributed by atoms with Crippen LogP contribution < -0.4 is 9.47 Å². The topological polar surface area (TPSA) is 135 Å². The summed E-state index contributed by atoms with van der Waals surface area (Å²) in [5.74, 6) is -2.16. The highest BCUT2D eigenvalue weighted by atomic mass is 16.6.